The number of hydrogen-bond acceptors (Lipinski definition) is 1. The average Bonchev–Trinajstić information content (AvgIpc) is 2.25. The molecule has 2 rings (SSSR count). The molecule has 1 unspecified atom stereocenters. The summed E-state index contributed by atoms with van der Waals surface area (Å²) in [7, 11) is 0. The van der Waals surface area contributed by atoms with Gasteiger partial charge in [0.25, 0.3) is 5.91 Å². The van der Waals surface area contributed by atoms with Crippen molar-refractivity contribution in [2.45, 2.75) is 6.04 Å². The maximum absolute atomic E-state index is 11.0. The third-order valence-electron chi connectivity index (χ3n) is 1.81. The first-order chi connectivity index (χ1) is 5.86. The molecular weight excluding hydrogens is 152 g/mol. The Morgan fingerprint density at radius 1 is 1.33 bits per heavy atom. The fourth-order valence-corrected chi connectivity index (χ4v) is 1.22. The number of carbonyl (C=O) groups excluding carboxylic acids is 1. The van der Waals surface area contributed by atoms with Gasteiger partial charge in [-0.05, 0) is 0 Å². The van der Waals surface area contributed by atoms with E-state index in [1.165, 1.54) is 6.08 Å². The van der Waals surface area contributed by atoms with E-state index in [-0.39, 0.29) is 11.9 Å². The summed E-state index contributed by atoms with van der Waals surface area (Å²) in [6.07, 6.45) is 10.9. The summed E-state index contributed by atoms with van der Waals surface area (Å²) >= 11 is 0. The second kappa shape index (κ2) is 2.77. The van der Waals surface area contributed by atoms with Crippen LogP contribution in [-0.4, -0.2) is 17.7 Å². The zero-order valence-corrected chi connectivity index (χ0v) is 6.45. The van der Waals surface area contributed by atoms with E-state index in [0.29, 0.717) is 0 Å². The van der Waals surface area contributed by atoms with Crippen molar-refractivity contribution in [2.24, 2.45) is 0 Å². The molecule has 0 saturated carbocycles. The monoisotopic (exact) mass is 161 g/mol. The highest BCUT2D eigenvalue weighted by atomic mass is 16.1. The van der Waals surface area contributed by atoms with Crippen LogP contribution in [0.1, 0.15) is 0 Å². The third-order valence-corrected chi connectivity index (χ3v) is 1.81. The molecule has 1 aliphatic heterocycles. The molecule has 1 amide bonds. The number of rotatable bonds is 0. The van der Waals surface area contributed by atoms with Crippen molar-refractivity contribution in [3.63, 3.8) is 0 Å². The van der Waals surface area contributed by atoms with Gasteiger partial charge in [0.1, 0.15) is 6.04 Å². The Morgan fingerprint density at radius 2 is 2.25 bits per heavy atom. The first kappa shape index (κ1) is 7.03. The Kier molecular flexibility index (Phi) is 1.63. The molecule has 0 saturated heterocycles. The Hall–Kier alpha value is -1.64. The van der Waals surface area contributed by atoms with Crippen LogP contribution in [0.3, 0.4) is 0 Å². The molecule has 0 radical (unpaired) electrons. The van der Waals surface area contributed by atoms with E-state index in [0.717, 1.165) is 5.71 Å². The normalized spacial score (nSPS) is 25.8. The van der Waals surface area contributed by atoms with Crippen LogP contribution in [0.15, 0.2) is 36.6 Å². The molecule has 1 heterocycles. The maximum Gasteiger partial charge on any atom is 0.250 e. The van der Waals surface area contributed by atoms with Gasteiger partial charge in [-0.15, -0.1) is 0 Å². The Bertz CT molecular complexity index is 323. The highest BCUT2D eigenvalue weighted by Gasteiger charge is 2.20. The predicted octanol–water partition coefficient (Wildman–Crippen LogP) is -1.35. The maximum atomic E-state index is 11.0. The van der Waals surface area contributed by atoms with E-state index >= 15 is 0 Å². The van der Waals surface area contributed by atoms with Crippen molar-refractivity contribution < 1.29 is 9.79 Å². The van der Waals surface area contributed by atoms with Crippen LogP contribution in [-0.2, 0) is 4.79 Å². The molecule has 1 aliphatic carbocycles. The smallest absolute Gasteiger partial charge is 0.250 e. The lowest BCUT2D eigenvalue weighted by Gasteiger charge is -2.09. The summed E-state index contributed by atoms with van der Waals surface area (Å²) in [5.41, 5.74) is 1.000. The summed E-state index contributed by atoms with van der Waals surface area (Å²) in [5, 5.41) is 2.82. The second-order valence-corrected chi connectivity index (χ2v) is 2.66. The number of allylic oxidation sites excluding steroid dienone is 2. The van der Waals surface area contributed by atoms with Gasteiger partial charge in [-0.25, -0.2) is 4.99 Å². The fraction of sp³-hybridized carbons (Fsp3) is 0.111. The van der Waals surface area contributed by atoms with Crippen molar-refractivity contribution in [1.29, 1.82) is 0 Å². The standard InChI is InChI=1S/C9H8N2O/c12-9-5-6-10-7-3-1-2-4-8(7)11-9/h1-6,8H,(H,11,12)/p+1. The Balaban J connectivity index is 2.31. The van der Waals surface area contributed by atoms with Crippen LogP contribution >= 0.6 is 0 Å². The zero-order chi connectivity index (χ0) is 8.39. The molecule has 2 aliphatic rings. The first-order valence-corrected chi connectivity index (χ1v) is 3.81. The van der Waals surface area contributed by atoms with E-state index in [9.17, 15) is 4.79 Å². The average molecular weight is 161 g/mol. The summed E-state index contributed by atoms with van der Waals surface area (Å²) in [5.74, 6) is -0.0672. The molecule has 60 valence electrons. The van der Waals surface area contributed by atoms with Crippen molar-refractivity contribution in [3.8, 4) is 0 Å². The molecule has 1 atom stereocenters. The lowest BCUT2D eigenvalue weighted by atomic mass is 10.1. The molecule has 0 bridgehead atoms. The lowest BCUT2D eigenvalue weighted by Crippen LogP contribution is -2.69. The molecule has 3 nitrogen and oxygen atoms in total. The number of fused-ring (bicyclic) bond motifs is 1. The lowest BCUT2D eigenvalue weighted by molar-refractivity contribution is -0.372. The first-order valence-electron chi connectivity index (χ1n) is 3.81. The van der Waals surface area contributed by atoms with E-state index in [1.54, 1.807) is 6.20 Å². The number of amides is 1. The zero-order valence-electron chi connectivity index (χ0n) is 6.45. The highest BCUT2D eigenvalue weighted by Crippen LogP contribution is 1.98. The van der Waals surface area contributed by atoms with Crippen molar-refractivity contribution in [2.75, 3.05) is 0 Å². The number of hydrogen-bond donors (Lipinski definition) is 2. The SMILES string of the molecule is O=C1C=C[NH+]=C2C=CC=CC2N1. The predicted molar refractivity (Wildman–Crippen MR) is 45.3 cm³/mol. The van der Waals surface area contributed by atoms with Crippen LogP contribution in [0.2, 0.25) is 0 Å². The molecule has 0 spiro atoms. The summed E-state index contributed by atoms with van der Waals surface area (Å²) in [4.78, 5) is 14.1. The number of nitrogens with one attached hydrogen (secondary N) is 2. The van der Waals surface area contributed by atoms with Crippen molar-refractivity contribution in [3.05, 3.63) is 36.6 Å². The van der Waals surface area contributed by atoms with E-state index in [2.05, 4.69) is 10.3 Å². The quantitative estimate of drug-likeness (QED) is 0.453. The Labute approximate surface area is 70.2 Å². The van der Waals surface area contributed by atoms with Gasteiger partial charge in [-0.1, -0.05) is 18.2 Å². The van der Waals surface area contributed by atoms with Crippen LogP contribution in [0, 0.1) is 0 Å². The van der Waals surface area contributed by atoms with E-state index in [4.69, 9.17) is 0 Å². The molecule has 3 heteroatoms. The van der Waals surface area contributed by atoms with Gasteiger partial charge in [0.15, 0.2) is 6.20 Å². The minimum atomic E-state index is -0.0672. The van der Waals surface area contributed by atoms with E-state index in [1.807, 2.05) is 24.3 Å². The molecule has 0 fully saturated rings. The van der Waals surface area contributed by atoms with Crippen molar-refractivity contribution in [1.82, 2.24) is 5.32 Å². The van der Waals surface area contributed by atoms with Crippen LogP contribution < -0.4 is 10.3 Å². The fourth-order valence-electron chi connectivity index (χ4n) is 1.22. The summed E-state index contributed by atoms with van der Waals surface area (Å²) in [6.45, 7) is 0. The van der Waals surface area contributed by atoms with Crippen molar-refractivity contribution >= 4 is 11.6 Å². The molecule has 12 heavy (non-hydrogen) atoms. The van der Waals surface area contributed by atoms with Gasteiger partial charge < -0.3 is 5.32 Å². The molecule has 0 aromatic carbocycles. The molecule has 0 aromatic rings. The minimum absolute atomic E-state index is 0.00231. The second-order valence-electron chi connectivity index (χ2n) is 2.66. The molecule has 2 N–H and O–H groups in total. The van der Waals surface area contributed by atoms with Gasteiger partial charge in [0, 0.05) is 6.08 Å². The van der Waals surface area contributed by atoms with Crippen LogP contribution in [0.4, 0.5) is 0 Å². The molecule has 0 aromatic heterocycles. The Morgan fingerprint density at radius 3 is 3.17 bits per heavy atom. The van der Waals surface area contributed by atoms with Gasteiger partial charge in [0.2, 0.25) is 5.71 Å². The van der Waals surface area contributed by atoms with Crippen LogP contribution in [0.5, 0.6) is 0 Å². The minimum Gasteiger partial charge on any atom is -0.336 e. The topological polar surface area (TPSA) is 43.1 Å². The number of carbonyl (C=O) groups is 1. The van der Waals surface area contributed by atoms with Gasteiger partial charge >= 0.3 is 0 Å². The summed E-state index contributed by atoms with van der Waals surface area (Å²) in [6, 6.07) is -0.00231. The van der Waals surface area contributed by atoms with Gasteiger partial charge in [0.05, 0.1) is 6.08 Å². The highest BCUT2D eigenvalue weighted by molar-refractivity contribution is 6.02. The van der Waals surface area contributed by atoms with E-state index < -0.39 is 0 Å². The third kappa shape index (κ3) is 1.21. The van der Waals surface area contributed by atoms with Gasteiger partial charge in [-0.2, -0.15) is 0 Å². The van der Waals surface area contributed by atoms with Gasteiger partial charge in [-0.3, -0.25) is 4.79 Å². The summed E-state index contributed by atoms with van der Waals surface area (Å²) < 4.78 is 0. The largest absolute Gasteiger partial charge is 0.336 e. The molecular formula is C9H9N2O+. The van der Waals surface area contributed by atoms with Crippen LogP contribution in [0.25, 0.3) is 0 Å².